The van der Waals surface area contributed by atoms with E-state index in [4.69, 9.17) is 9.47 Å². The Morgan fingerprint density at radius 3 is 2.04 bits per heavy atom. The Bertz CT molecular complexity index is 446. The third kappa shape index (κ3) is 4.21. The van der Waals surface area contributed by atoms with Crippen LogP contribution in [0.15, 0.2) is 4.99 Å². The van der Waals surface area contributed by atoms with Crippen molar-refractivity contribution in [3.05, 3.63) is 0 Å². The molecule has 2 atom stereocenters. The minimum atomic E-state index is -1.35. The van der Waals surface area contributed by atoms with Gasteiger partial charge < -0.3 is 9.47 Å². The molecule has 1 saturated heterocycles. The Labute approximate surface area is 148 Å². The normalized spacial score (nSPS) is 47.0. The molecule has 3 rings (SSSR count). The first-order valence-electron chi connectivity index (χ1n) is 9.16. The summed E-state index contributed by atoms with van der Waals surface area (Å²) in [5.74, 6) is 1.66. The Balaban J connectivity index is 1.49. The summed E-state index contributed by atoms with van der Waals surface area (Å²) >= 11 is 4.48. The predicted molar refractivity (Wildman–Crippen MR) is 91.6 cm³/mol. The predicted octanol–water partition coefficient (Wildman–Crippen LogP) is 4.36. The number of ether oxygens (including phenoxy) is 2. The van der Waals surface area contributed by atoms with E-state index in [1.807, 2.05) is 0 Å². The molecule has 2 unspecified atom stereocenters. The molecule has 0 radical (unpaired) electrons. The number of hydrogen-bond donors (Lipinski definition) is 0. The van der Waals surface area contributed by atoms with E-state index in [0.29, 0.717) is 25.0 Å². The van der Waals surface area contributed by atoms with E-state index >= 15 is 0 Å². The fourth-order valence-corrected chi connectivity index (χ4v) is 4.58. The van der Waals surface area contributed by atoms with Crippen LogP contribution in [0.5, 0.6) is 0 Å². The van der Waals surface area contributed by atoms with Crippen LogP contribution in [0.25, 0.3) is 0 Å². The van der Waals surface area contributed by atoms with Gasteiger partial charge in [0.05, 0.1) is 18.4 Å². The van der Waals surface area contributed by atoms with Crippen molar-refractivity contribution >= 4 is 17.4 Å². The van der Waals surface area contributed by atoms with Crippen LogP contribution < -0.4 is 0 Å². The quantitative estimate of drug-likeness (QED) is 0.554. The number of halogens is 2. The van der Waals surface area contributed by atoms with Gasteiger partial charge in [0.25, 0.3) is 0 Å². The SMILES string of the molecule is CC1CCC(C2COC(C3CC(F)C(N=C=S)C(F)C3)OC2)CC1. The van der Waals surface area contributed by atoms with Crippen molar-refractivity contribution in [2.75, 3.05) is 13.2 Å². The van der Waals surface area contributed by atoms with Crippen molar-refractivity contribution in [2.45, 2.75) is 70.1 Å². The Kier molecular flexibility index (Phi) is 6.36. The molecular formula is C18H27F2NO2S. The molecule has 2 aliphatic carbocycles. The molecule has 1 heterocycles. The van der Waals surface area contributed by atoms with E-state index in [-0.39, 0.29) is 18.8 Å². The Hall–Kier alpha value is -0.420. The Morgan fingerprint density at radius 2 is 1.50 bits per heavy atom. The zero-order valence-corrected chi connectivity index (χ0v) is 15.0. The molecule has 2 saturated carbocycles. The van der Waals surface area contributed by atoms with Crippen molar-refractivity contribution in [1.29, 1.82) is 0 Å². The lowest BCUT2D eigenvalue weighted by molar-refractivity contribution is -0.241. The smallest absolute Gasteiger partial charge is 0.160 e. The monoisotopic (exact) mass is 359 g/mol. The third-order valence-electron chi connectivity index (χ3n) is 6.06. The van der Waals surface area contributed by atoms with Crippen molar-refractivity contribution in [2.24, 2.45) is 28.7 Å². The molecule has 0 amide bonds. The van der Waals surface area contributed by atoms with Gasteiger partial charge in [-0.05, 0) is 49.7 Å². The molecule has 0 bridgehead atoms. The minimum Gasteiger partial charge on any atom is -0.352 e. The van der Waals surface area contributed by atoms with E-state index in [2.05, 4.69) is 29.3 Å². The molecule has 0 aromatic heterocycles. The first-order valence-corrected chi connectivity index (χ1v) is 9.57. The number of rotatable bonds is 3. The summed E-state index contributed by atoms with van der Waals surface area (Å²) in [7, 11) is 0. The fraction of sp³-hybridized carbons (Fsp3) is 0.944. The molecule has 136 valence electrons. The van der Waals surface area contributed by atoms with Gasteiger partial charge in [0.15, 0.2) is 6.29 Å². The standard InChI is InChI=1S/C18H27F2NO2S/c1-11-2-4-12(5-3-11)14-8-22-18(23-9-14)13-6-15(19)17(21-10-24)16(20)7-13/h11-18H,2-9H2,1H3. The first-order chi connectivity index (χ1) is 11.6. The maximum absolute atomic E-state index is 14.2. The second-order valence-electron chi connectivity index (χ2n) is 7.79. The van der Waals surface area contributed by atoms with E-state index in [1.54, 1.807) is 0 Å². The van der Waals surface area contributed by atoms with Crippen LogP contribution >= 0.6 is 12.2 Å². The van der Waals surface area contributed by atoms with Crippen LogP contribution in [-0.2, 0) is 9.47 Å². The summed E-state index contributed by atoms with van der Waals surface area (Å²) in [5, 5.41) is 2.10. The molecule has 0 N–H and O–H groups in total. The van der Waals surface area contributed by atoms with Crippen molar-refractivity contribution in [3.63, 3.8) is 0 Å². The second-order valence-corrected chi connectivity index (χ2v) is 7.97. The van der Waals surface area contributed by atoms with Crippen LogP contribution in [0, 0.1) is 23.7 Å². The van der Waals surface area contributed by atoms with Gasteiger partial charge in [-0.15, -0.1) is 0 Å². The van der Waals surface area contributed by atoms with Gasteiger partial charge in [0, 0.05) is 11.8 Å². The Morgan fingerprint density at radius 1 is 0.917 bits per heavy atom. The van der Waals surface area contributed by atoms with Gasteiger partial charge in [0.2, 0.25) is 0 Å². The maximum atomic E-state index is 14.2. The van der Waals surface area contributed by atoms with E-state index in [0.717, 1.165) is 5.92 Å². The van der Waals surface area contributed by atoms with Crippen molar-refractivity contribution in [3.8, 4) is 0 Å². The highest BCUT2D eigenvalue weighted by molar-refractivity contribution is 7.78. The topological polar surface area (TPSA) is 30.8 Å². The van der Waals surface area contributed by atoms with Gasteiger partial charge in [-0.1, -0.05) is 19.8 Å². The average Bonchev–Trinajstić information content (AvgIpc) is 2.59. The number of thiocarbonyl (C=S) groups is 1. The third-order valence-corrected chi connectivity index (χ3v) is 6.17. The lowest BCUT2D eigenvalue weighted by Gasteiger charge is -2.41. The van der Waals surface area contributed by atoms with Crippen molar-refractivity contribution in [1.82, 2.24) is 0 Å². The molecule has 3 fully saturated rings. The van der Waals surface area contributed by atoms with Gasteiger partial charge in [-0.3, -0.25) is 0 Å². The number of hydrogen-bond acceptors (Lipinski definition) is 4. The van der Waals surface area contributed by atoms with E-state index in [9.17, 15) is 8.78 Å². The number of alkyl halides is 2. The highest BCUT2D eigenvalue weighted by Crippen LogP contribution is 2.39. The molecule has 0 spiro atoms. The minimum absolute atomic E-state index is 0.210. The molecule has 3 aliphatic rings. The van der Waals surface area contributed by atoms with Gasteiger partial charge >= 0.3 is 0 Å². The summed E-state index contributed by atoms with van der Waals surface area (Å²) < 4.78 is 40.1. The highest BCUT2D eigenvalue weighted by atomic mass is 32.1. The molecule has 6 heteroatoms. The number of nitrogens with zero attached hydrogens (tertiary/aromatic N) is 1. The van der Waals surface area contributed by atoms with Gasteiger partial charge in [0.1, 0.15) is 18.4 Å². The molecule has 24 heavy (non-hydrogen) atoms. The fourth-order valence-electron chi connectivity index (χ4n) is 4.46. The lowest BCUT2D eigenvalue weighted by Crippen LogP contribution is -2.47. The summed E-state index contributed by atoms with van der Waals surface area (Å²) in [6, 6.07) is -1.01. The maximum Gasteiger partial charge on any atom is 0.160 e. The van der Waals surface area contributed by atoms with Crippen LogP contribution in [0.2, 0.25) is 0 Å². The van der Waals surface area contributed by atoms with Crippen LogP contribution in [0.1, 0.15) is 45.4 Å². The molecule has 0 aromatic carbocycles. The summed E-state index contributed by atoms with van der Waals surface area (Å²) in [6.45, 7) is 3.61. The zero-order valence-electron chi connectivity index (χ0n) is 14.2. The lowest BCUT2D eigenvalue weighted by atomic mass is 9.76. The zero-order chi connectivity index (χ0) is 17.1. The van der Waals surface area contributed by atoms with Crippen LogP contribution in [0.4, 0.5) is 8.78 Å². The highest BCUT2D eigenvalue weighted by Gasteiger charge is 2.43. The summed E-state index contributed by atoms with van der Waals surface area (Å²) in [5.41, 5.74) is 0. The van der Waals surface area contributed by atoms with E-state index in [1.165, 1.54) is 25.7 Å². The molecule has 3 nitrogen and oxygen atoms in total. The number of aliphatic imine (C=N–C) groups is 1. The summed E-state index contributed by atoms with van der Waals surface area (Å²) in [6.07, 6.45) is 2.27. The van der Waals surface area contributed by atoms with Gasteiger partial charge in [-0.25, -0.2) is 13.8 Å². The van der Waals surface area contributed by atoms with Crippen LogP contribution in [-0.4, -0.2) is 43.1 Å². The van der Waals surface area contributed by atoms with Crippen LogP contribution in [0.3, 0.4) is 0 Å². The summed E-state index contributed by atoms with van der Waals surface area (Å²) in [4.78, 5) is 3.64. The number of isothiocyanates is 1. The average molecular weight is 359 g/mol. The molecular weight excluding hydrogens is 332 g/mol. The second kappa shape index (κ2) is 8.31. The van der Waals surface area contributed by atoms with Gasteiger partial charge in [-0.2, -0.15) is 0 Å². The van der Waals surface area contributed by atoms with E-state index < -0.39 is 24.7 Å². The molecule has 1 aliphatic heterocycles. The largest absolute Gasteiger partial charge is 0.352 e. The first kappa shape index (κ1) is 18.4. The van der Waals surface area contributed by atoms with Crippen molar-refractivity contribution < 1.29 is 18.3 Å². The molecule has 0 aromatic rings.